The Morgan fingerprint density at radius 1 is 0.871 bits per heavy atom. The van der Waals surface area contributed by atoms with Crippen LogP contribution in [0.3, 0.4) is 0 Å². The van der Waals surface area contributed by atoms with Crippen molar-refractivity contribution >= 4 is 5.97 Å². The number of aliphatic hydroxyl groups excluding tert-OH is 1. The molecular weight excluding hydrogens is 392 g/mol. The van der Waals surface area contributed by atoms with E-state index >= 15 is 0 Å². The molecule has 0 rings (SSSR count). The van der Waals surface area contributed by atoms with Crippen molar-refractivity contribution in [3.05, 3.63) is 31.2 Å². The number of aliphatic hydroxyl groups is 1. The second kappa shape index (κ2) is 23.5. The molecule has 0 aromatic carbocycles. The third-order valence-electron chi connectivity index (χ3n) is 4.77. The summed E-state index contributed by atoms with van der Waals surface area (Å²) in [6, 6.07) is 0. The number of esters is 1. The second-order valence-electron chi connectivity index (χ2n) is 7.95. The quantitative estimate of drug-likeness (QED) is 0.0946. The lowest BCUT2D eigenvalue weighted by atomic mass is 10.2. The lowest BCUT2D eigenvalue weighted by Gasteiger charge is -2.18. The van der Waals surface area contributed by atoms with E-state index < -0.39 is 0 Å². The number of rotatable bonds is 22. The highest BCUT2D eigenvalue weighted by Crippen LogP contribution is 2.11. The van der Waals surface area contributed by atoms with E-state index in [9.17, 15) is 4.79 Å². The molecule has 0 aliphatic heterocycles. The number of ether oxygens (including phenoxy) is 3. The highest BCUT2D eigenvalue weighted by atomic mass is 16.7. The van der Waals surface area contributed by atoms with Crippen LogP contribution >= 0.6 is 0 Å². The Balaban J connectivity index is 4.13. The summed E-state index contributed by atoms with van der Waals surface area (Å²) in [7, 11) is 0. The van der Waals surface area contributed by atoms with Crippen molar-refractivity contribution in [1.82, 2.24) is 0 Å². The largest absolute Gasteiger partial charge is 0.465 e. The summed E-state index contributed by atoms with van der Waals surface area (Å²) >= 11 is 0. The number of hydrogen-bond donors (Lipinski definition) is 1. The molecule has 0 aromatic rings. The molecule has 0 saturated heterocycles. The minimum Gasteiger partial charge on any atom is -0.465 e. The van der Waals surface area contributed by atoms with Crippen molar-refractivity contribution in [1.29, 1.82) is 0 Å². The molecule has 0 spiro atoms. The van der Waals surface area contributed by atoms with Crippen LogP contribution in [0.5, 0.6) is 0 Å². The van der Waals surface area contributed by atoms with Crippen molar-refractivity contribution in [2.24, 2.45) is 5.92 Å². The summed E-state index contributed by atoms with van der Waals surface area (Å²) in [6.07, 6.45) is 20.2. The second-order valence-corrected chi connectivity index (χ2v) is 7.95. The minimum atomic E-state index is -0.262. The summed E-state index contributed by atoms with van der Waals surface area (Å²) < 4.78 is 17.0. The van der Waals surface area contributed by atoms with E-state index in [0.717, 1.165) is 44.9 Å². The molecule has 0 bridgehead atoms. The smallest absolute Gasteiger partial charge is 0.305 e. The van der Waals surface area contributed by atoms with Gasteiger partial charge in [-0.2, -0.15) is 0 Å². The Morgan fingerprint density at radius 3 is 1.94 bits per heavy atom. The third-order valence-corrected chi connectivity index (χ3v) is 4.77. The molecule has 1 radical (unpaired) electrons. The van der Waals surface area contributed by atoms with Crippen LogP contribution in [-0.2, 0) is 19.0 Å². The predicted octanol–water partition coefficient (Wildman–Crippen LogP) is 6.16. The van der Waals surface area contributed by atoms with E-state index in [1.165, 1.54) is 25.7 Å². The zero-order chi connectivity index (χ0) is 23.0. The van der Waals surface area contributed by atoms with E-state index in [-0.39, 0.29) is 31.4 Å². The number of carbonyl (C=O) groups excluding carboxylic acids is 1. The van der Waals surface area contributed by atoms with E-state index in [1.807, 2.05) is 0 Å². The Morgan fingerprint density at radius 2 is 1.42 bits per heavy atom. The first-order valence-corrected chi connectivity index (χ1v) is 12.3. The van der Waals surface area contributed by atoms with Gasteiger partial charge in [-0.05, 0) is 51.9 Å². The monoisotopic (exact) mass is 439 g/mol. The molecule has 31 heavy (non-hydrogen) atoms. The molecule has 0 aliphatic carbocycles. The van der Waals surface area contributed by atoms with Gasteiger partial charge in [0.15, 0.2) is 6.29 Å². The summed E-state index contributed by atoms with van der Waals surface area (Å²) in [5.74, 6) is -0.503. The number of unbranched alkanes of at least 4 members (excludes halogenated alkanes) is 5. The van der Waals surface area contributed by atoms with Gasteiger partial charge in [0.1, 0.15) is 0 Å². The Hall–Kier alpha value is -1.17. The standard InChI is InChI=1S/C26H47O5/c1-4-6-8-10-12-16-20-29-26(30-21-17-13-11-9-7-5-2)19-15-14-18-25(28)31-23-24(3)22-27/h10-13,24,26-27H,3-9,14-23H2,1-2H3/b12-10-,13-11-. The Kier molecular flexibility index (Phi) is 22.6. The molecule has 0 amide bonds. The maximum absolute atomic E-state index is 11.7. The first kappa shape index (κ1) is 29.8. The van der Waals surface area contributed by atoms with Crippen molar-refractivity contribution in [2.75, 3.05) is 26.4 Å². The molecule has 1 N–H and O–H groups in total. The SMILES string of the molecule is [CH2]C(CO)COC(=O)CCCCC(OCC/C=C\CCCC)OCC/C=C\CCCC. The van der Waals surface area contributed by atoms with Crippen molar-refractivity contribution in [3.8, 4) is 0 Å². The molecule has 0 fully saturated rings. The molecule has 5 heteroatoms. The molecular formula is C26H47O5. The minimum absolute atomic E-state index is 0.0782. The highest BCUT2D eigenvalue weighted by Gasteiger charge is 2.11. The lowest BCUT2D eigenvalue weighted by Crippen LogP contribution is -2.19. The van der Waals surface area contributed by atoms with Gasteiger partial charge >= 0.3 is 5.97 Å². The molecule has 0 aliphatic rings. The molecule has 1 unspecified atom stereocenters. The Bertz CT molecular complexity index is 423. The van der Waals surface area contributed by atoms with Crippen LogP contribution in [0.4, 0.5) is 0 Å². The predicted molar refractivity (Wildman–Crippen MR) is 128 cm³/mol. The number of carbonyl (C=O) groups is 1. The van der Waals surface area contributed by atoms with E-state index in [0.29, 0.717) is 19.6 Å². The molecule has 0 heterocycles. The van der Waals surface area contributed by atoms with Crippen LogP contribution in [-0.4, -0.2) is 43.8 Å². The van der Waals surface area contributed by atoms with Crippen molar-refractivity contribution in [2.45, 2.75) is 97.2 Å². The highest BCUT2D eigenvalue weighted by molar-refractivity contribution is 5.69. The van der Waals surface area contributed by atoms with Gasteiger partial charge in [-0.1, -0.05) is 63.8 Å². The number of hydrogen-bond acceptors (Lipinski definition) is 5. The number of allylic oxidation sites excluding steroid dienone is 2. The van der Waals surface area contributed by atoms with Crippen molar-refractivity contribution < 1.29 is 24.1 Å². The Labute approximate surface area is 191 Å². The molecule has 0 saturated carbocycles. The van der Waals surface area contributed by atoms with E-state index in [4.69, 9.17) is 19.3 Å². The first-order chi connectivity index (χ1) is 15.1. The summed E-state index contributed by atoms with van der Waals surface area (Å²) in [5, 5.41) is 8.92. The maximum Gasteiger partial charge on any atom is 0.305 e. The lowest BCUT2D eigenvalue weighted by molar-refractivity contribution is -0.148. The zero-order valence-electron chi connectivity index (χ0n) is 20.1. The average molecular weight is 440 g/mol. The first-order valence-electron chi connectivity index (χ1n) is 12.3. The molecule has 5 nitrogen and oxygen atoms in total. The van der Waals surface area contributed by atoms with Crippen LogP contribution in [0.1, 0.15) is 90.9 Å². The maximum atomic E-state index is 11.7. The molecule has 181 valence electrons. The van der Waals surface area contributed by atoms with Gasteiger partial charge < -0.3 is 19.3 Å². The fourth-order valence-corrected chi connectivity index (χ4v) is 2.78. The zero-order valence-corrected chi connectivity index (χ0v) is 20.1. The summed E-state index contributed by atoms with van der Waals surface area (Å²) in [5.41, 5.74) is 0. The van der Waals surface area contributed by atoms with E-state index in [2.05, 4.69) is 45.1 Å². The summed E-state index contributed by atoms with van der Waals surface area (Å²) in [4.78, 5) is 11.7. The van der Waals surface area contributed by atoms with Gasteiger partial charge in [-0.25, -0.2) is 0 Å². The fraction of sp³-hybridized carbons (Fsp3) is 0.769. The van der Waals surface area contributed by atoms with Gasteiger partial charge in [0.2, 0.25) is 0 Å². The van der Waals surface area contributed by atoms with Gasteiger partial charge in [0.25, 0.3) is 0 Å². The van der Waals surface area contributed by atoms with Crippen LogP contribution in [0.25, 0.3) is 0 Å². The topological polar surface area (TPSA) is 65.0 Å². The van der Waals surface area contributed by atoms with Crippen molar-refractivity contribution in [3.63, 3.8) is 0 Å². The van der Waals surface area contributed by atoms with Crippen LogP contribution < -0.4 is 0 Å². The normalized spacial score (nSPS) is 12.9. The van der Waals surface area contributed by atoms with Crippen LogP contribution in [0.2, 0.25) is 0 Å². The van der Waals surface area contributed by atoms with Crippen LogP contribution in [0.15, 0.2) is 24.3 Å². The average Bonchev–Trinajstić information content (AvgIpc) is 2.78. The third kappa shape index (κ3) is 21.8. The van der Waals surface area contributed by atoms with Gasteiger partial charge in [-0.3, -0.25) is 4.79 Å². The van der Waals surface area contributed by atoms with Gasteiger partial charge in [-0.15, -0.1) is 0 Å². The van der Waals surface area contributed by atoms with Gasteiger partial charge in [0.05, 0.1) is 19.8 Å². The summed E-state index contributed by atoms with van der Waals surface area (Å²) in [6.45, 7) is 9.47. The molecule has 1 atom stereocenters. The fourth-order valence-electron chi connectivity index (χ4n) is 2.78. The van der Waals surface area contributed by atoms with Crippen LogP contribution in [0, 0.1) is 12.8 Å². The van der Waals surface area contributed by atoms with Gasteiger partial charge in [0, 0.05) is 18.9 Å². The molecule has 0 aromatic heterocycles. The van der Waals surface area contributed by atoms with E-state index in [1.54, 1.807) is 0 Å².